The smallest absolute Gasteiger partial charge is 0.228 e. The molecule has 1 aliphatic heterocycles. The van der Waals surface area contributed by atoms with Gasteiger partial charge < -0.3 is 5.73 Å². The second-order valence-corrected chi connectivity index (χ2v) is 10.2. The number of piperazine rings is 1. The van der Waals surface area contributed by atoms with Crippen molar-refractivity contribution in [2.45, 2.75) is 25.8 Å². The van der Waals surface area contributed by atoms with Gasteiger partial charge in [0.1, 0.15) is 0 Å². The van der Waals surface area contributed by atoms with Crippen molar-refractivity contribution < 1.29 is 16.8 Å². The Bertz CT molecular complexity index is 566. The summed E-state index contributed by atoms with van der Waals surface area (Å²) in [7, 11) is -7.34. The molecule has 1 fully saturated rings. The van der Waals surface area contributed by atoms with Crippen LogP contribution in [0.15, 0.2) is 0 Å². The Kier molecular flexibility index (Phi) is 6.54. The Morgan fingerprint density at radius 1 is 1.19 bits per heavy atom. The van der Waals surface area contributed by atoms with Gasteiger partial charge in [0.15, 0.2) is 14.9 Å². The van der Waals surface area contributed by atoms with Crippen LogP contribution in [0, 0.1) is 0 Å². The molecule has 0 bridgehead atoms. The molecule has 21 heavy (non-hydrogen) atoms. The summed E-state index contributed by atoms with van der Waals surface area (Å²) < 4.78 is 47.6. The van der Waals surface area contributed by atoms with E-state index < -0.39 is 24.9 Å². The van der Waals surface area contributed by atoms with Crippen molar-refractivity contribution >= 4 is 37.1 Å². The van der Waals surface area contributed by atoms with Crippen LogP contribution >= 0.6 is 12.2 Å². The molecule has 0 amide bonds. The first-order chi connectivity index (χ1) is 9.57. The number of hydrogen-bond acceptors (Lipinski definition) is 6. The third kappa shape index (κ3) is 5.78. The van der Waals surface area contributed by atoms with Gasteiger partial charge in [-0.25, -0.2) is 16.8 Å². The molecule has 1 saturated heterocycles. The molecular weight excluding hydrogens is 334 g/mol. The van der Waals surface area contributed by atoms with Crippen LogP contribution in [0.4, 0.5) is 0 Å². The van der Waals surface area contributed by atoms with E-state index in [0.29, 0.717) is 18.1 Å². The first kappa shape index (κ1) is 18.8. The summed E-state index contributed by atoms with van der Waals surface area (Å²) in [6.45, 7) is 3.58. The summed E-state index contributed by atoms with van der Waals surface area (Å²) in [5, 5.41) is -0.840. The van der Waals surface area contributed by atoms with Crippen molar-refractivity contribution in [3.63, 3.8) is 0 Å². The summed E-state index contributed by atoms with van der Waals surface area (Å²) in [5.41, 5.74) is 5.74. The predicted octanol–water partition coefficient (Wildman–Crippen LogP) is -0.609. The normalized spacial score (nSPS) is 20.3. The standard InChI is InChI=1S/C11H23N3O4S3/c1-3-4-10(11(12)19)13-5-7-14(8-6-13)21(17,18)9-20(2,15)16/h10H,3-9H2,1-2H3,(H2,12,19). The molecule has 124 valence electrons. The second kappa shape index (κ2) is 7.32. The van der Waals surface area contributed by atoms with Crippen molar-refractivity contribution in [1.29, 1.82) is 0 Å². The molecule has 0 aromatic rings. The Morgan fingerprint density at radius 2 is 1.71 bits per heavy atom. The minimum atomic E-state index is -3.77. The zero-order valence-electron chi connectivity index (χ0n) is 12.4. The highest BCUT2D eigenvalue weighted by molar-refractivity contribution is 8.06. The van der Waals surface area contributed by atoms with Gasteiger partial charge in [-0.3, -0.25) is 4.90 Å². The van der Waals surface area contributed by atoms with Crippen LogP contribution in [0.25, 0.3) is 0 Å². The summed E-state index contributed by atoms with van der Waals surface area (Å²) >= 11 is 5.06. The molecular formula is C11H23N3O4S3. The van der Waals surface area contributed by atoms with Crippen LogP contribution in [0.1, 0.15) is 19.8 Å². The molecule has 1 heterocycles. The molecule has 1 rings (SSSR count). The van der Waals surface area contributed by atoms with Gasteiger partial charge in [0.05, 0.1) is 11.0 Å². The first-order valence-corrected chi connectivity index (χ1v) is 10.8. The number of sulfonamides is 1. The Labute approximate surface area is 132 Å². The average molecular weight is 358 g/mol. The first-order valence-electron chi connectivity index (χ1n) is 6.75. The van der Waals surface area contributed by atoms with Gasteiger partial charge in [-0.2, -0.15) is 4.31 Å². The van der Waals surface area contributed by atoms with Crippen molar-refractivity contribution in [1.82, 2.24) is 9.21 Å². The number of sulfone groups is 1. The molecule has 0 aromatic heterocycles. The third-order valence-corrected chi connectivity index (χ3v) is 7.69. The highest BCUT2D eigenvalue weighted by Gasteiger charge is 2.32. The van der Waals surface area contributed by atoms with Crippen LogP contribution in [-0.2, 0) is 19.9 Å². The molecule has 1 aliphatic rings. The number of nitrogens with two attached hydrogens (primary N) is 1. The van der Waals surface area contributed by atoms with Gasteiger partial charge in [-0.05, 0) is 6.42 Å². The monoisotopic (exact) mass is 357 g/mol. The van der Waals surface area contributed by atoms with E-state index in [4.69, 9.17) is 18.0 Å². The van der Waals surface area contributed by atoms with Gasteiger partial charge in [0.2, 0.25) is 10.0 Å². The topological polar surface area (TPSA) is 101 Å². The van der Waals surface area contributed by atoms with Gasteiger partial charge in [0.25, 0.3) is 0 Å². The van der Waals surface area contributed by atoms with Crippen LogP contribution in [0.2, 0.25) is 0 Å². The summed E-state index contributed by atoms with van der Waals surface area (Å²) in [4.78, 5) is 2.49. The van der Waals surface area contributed by atoms with Crippen molar-refractivity contribution in [2.24, 2.45) is 5.73 Å². The maximum absolute atomic E-state index is 12.0. The number of nitrogens with zero attached hydrogens (tertiary/aromatic N) is 2. The Balaban J connectivity index is 2.69. The Hall–Kier alpha value is -0.290. The molecule has 0 radical (unpaired) electrons. The van der Waals surface area contributed by atoms with Crippen molar-refractivity contribution in [3.8, 4) is 0 Å². The number of hydrogen-bond donors (Lipinski definition) is 1. The van der Waals surface area contributed by atoms with Crippen LogP contribution in [0.5, 0.6) is 0 Å². The molecule has 2 N–H and O–H groups in total. The lowest BCUT2D eigenvalue weighted by Crippen LogP contribution is -2.55. The summed E-state index contributed by atoms with van der Waals surface area (Å²) in [5.74, 6) is 0. The van der Waals surface area contributed by atoms with Gasteiger partial charge in [-0.1, -0.05) is 25.6 Å². The second-order valence-electron chi connectivity index (χ2n) is 5.30. The SMILES string of the molecule is CCCC(C(N)=S)N1CCN(S(=O)(=O)CS(C)(=O)=O)CC1. The van der Waals surface area contributed by atoms with E-state index in [9.17, 15) is 16.8 Å². The fourth-order valence-corrected chi connectivity index (χ4v) is 6.16. The van der Waals surface area contributed by atoms with Crippen LogP contribution in [0.3, 0.4) is 0 Å². The maximum atomic E-state index is 12.0. The van der Waals surface area contributed by atoms with E-state index >= 15 is 0 Å². The number of rotatable bonds is 7. The molecule has 1 atom stereocenters. The molecule has 1 unspecified atom stereocenters. The van der Waals surface area contributed by atoms with Crippen molar-refractivity contribution in [2.75, 3.05) is 37.5 Å². The highest BCUT2D eigenvalue weighted by atomic mass is 32.3. The Morgan fingerprint density at radius 3 is 2.10 bits per heavy atom. The van der Waals surface area contributed by atoms with E-state index in [-0.39, 0.29) is 19.1 Å². The zero-order chi connectivity index (χ0) is 16.3. The lowest BCUT2D eigenvalue weighted by Gasteiger charge is -2.38. The fourth-order valence-electron chi connectivity index (χ4n) is 2.42. The van der Waals surface area contributed by atoms with E-state index in [1.165, 1.54) is 4.31 Å². The summed E-state index contributed by atoms with van der Waals surface area (Å²) in [6.07, 6.45) is 2.70. The van der Waals surface area contributed by atoms with E-state index in [0.717, 1.165) is 19.1 Å². The van der Waals surface area contributed by atoms with Crippen LogP contribution < -0.4 is 5.73 Å². The molecule has 7 nitrogen and oxygen atoms in total. The minimum Gasteiger partial charge on any atom is -0.392 e. The van der Waals surface area contributed by atoms with Crippen LogP contribution in [-0.4, -0.2) is 74.6 Å². The molecule has 10 heteroatoms. The lowest BCUT2D eigenvalue weighted by molar-refractivity contribution is 0.162. The van der Waals surface area contributed by atoms with Crippen molar-refractivity contribution in [3.05, 3.63) is 0 Å². The van der Waals surface area contributed by atoms with E-state index in [1.807, 2.05) is 6.92 Å². The predicted molar refractivity (Wildman–Crippen MR) is 87.3 cm³/mol. The largest absolute Gasteiger partial charge is 0.392 e. The van der Waals surface area contributed by atoms with Gasteiger partial charge >= 0.3 is 0 Å². The molecule has 0 aliphatic carbocycles. The molecule has 0 spiro atoms. The van der Waals surface area contributed by atoms with E-state index in [1.54, 1.807) is 0 Å². The average Bonchev–Trinajstić information content (AvgIpc) is 2.33. The van der Waals surface area contributed by atoms with Gasteiger partial charge in [-0.15, -0.1) is 0 Å². The molecule has 0 aromatic carbocycles. The molecule has 0 saturated carbocycles. The summed E-state index contributed by atoms with van der Waals surface area (Å²) in [6, 6.07) is -0.0234. The third-order valence-electron chi connectivity index (χ3n) is 3.36. The minimum absolute atomic E-state index is 0.0234. The maximum Gasteiger partial charge on any atom is 0.228 e. The zero-order valence-corrected chi connectivity index (χ0v) is 14.8. The quantitative estimate of drug-likeness (QED) is 0.607. The fraction of sp³-hybridized carbons (Fsp3) is 0.909. The number of thiocarbonyl (C=S) groups is 1. The van der Waals surface area contributed by atoms with E-state index in [2.05, 4.69) is 4.90 Å². The highest BCUT2D eigenvalue weighted by Crippen LogP contribution is 2.15. The lowest BCUT2D eigenvalue weighted by atomic mass is 10.1. The van der Waals surface area contributed by atoms with Gasteiger partial charge in [0, 0.05) is 32.4 Å².